The summed E-state index contributed by atoms with van der Waals surface area (Å²) in [4.78, 5) is 33.6. The number of amides is 2. The zero-order chi connectivity index (χ0) is 21.5. The second-order valence-electron chi connectivity index (χ2n) is 7.94. The van der Waals surface area contributed by atoms with Gasteiger partial charge in [0.1, 0.15) is 5.70 Å². The molecule has 0 fully saturated rings. The van der Waals surface area contributed by atoms with Crippen LogP contribution in [0.25, 0.3) is 5.57 Å². The number of hydrogen-bond acceptors (Lipinski definition) is 5. The molecular formula is C25H23N3O2S. The van der Waals surface area contributed by atoms with E-state index in [-0.39, 0.29) is 11.8 Å². The van der Waals surface area contributed by atoms with Crippen molar-refractivity contribution in [3.63, 3.8) is 0 Å². The average Bonchev–Trinajstić information content (AvgIpc) is 3.39. The molecule has 3 aromatic rings. The number of nitrogens with zero attached hydrogens (tertiary/aromatic N) is 3. The van der Waals surface area contributed by atoms with Gasteiger partial charge in [0, 0.05) is 36.9 Å². The first-order valence-electron chi connectivity index (χ1n) is 10.4. The van der Waals surface area contributed by atoms with Crippen LogP contribution in [0.3, 0.4) is 0 Å². The fourth-order valence-corrected chi connectivity index (χ4v) is 5.08. The van der Waals surface area contributed by atoms with Gasteiger partial charge in [0.25, 0.3) is 11.8 Å². The van der Waals surface area contributed by atoms with Gasteiger partial charge in [0.05, 0.1) is 11.3 Å². The zero-order valence-corrected chi connectivity index (χ0v) is 18.4. The molecule has 0 N–H and O–H groups in total. The van der Waals surface area contributed by atoms with Crippen LogP contribution in [0.15, 0.2) is 71.7 Å². The topological polar surface area (TPSA) is 43.9 Å². The van der Waals surface area contributed by atoms with Gasteiger partial charge in [-0.1, -0.05) is 30.3 Å². The number of hydrogen-bond donors (Lipinski definition) is 0. The van der Waals surface area contributed by atoms with Crippen LogP contribution in [-0.4, -0.2) is 32.5 Å². The molecule has 0 bridgehead atoms. The molecule has 1 aromatic heterocycles. The Labute approximate surface area is 185 Å². The van der Waals surface area contributed by atoms with Crippen LogP contribution in [0, 0.1) is 0 Å². The lowest BCUT2D eigenvalue weighted by Crippen LogP contribution is -2.37. The lowest BCUT2D eigenvalue weighted by Gasteiger charge is -2.32. The highest BCUT2D eigenvalue weighted by Gasteiger charge is 2.44. The molecule has 0 saturated carbocycles. The van der Waals surface area contributed by atoms with E-state index in [1.165, 1.54) is 21.8 Å². The Morgan fingerprint density at radius 1 is 0.935 bits per heavy atom. The molecule has 0 atom stereocenters. The molecule has 31 heavy (non-hydrogen) atoms. The zero-order valence-electron chi connectivity index (χ0n) is 17.5. The van der Waals surface area contributed by atoms with Crippen molar-refractivity contribution in [1.82, 2.24) is 0 Å². The van der Waals surface area contributed by atoms with Crippen molar-refractivity contribution in [3.8, 4) is 0 Å². The largest absolute Gasteiger partial charge is 0.378 e. The van der Waals surface area contributed by atoms with Gasteiger partial charge in [-0.2, -0.15) is 0 Å². The van der Waals surface area contributed by atoms with Gasteiger partial charge in [-0.15, -0.1) is 11.3 Å². The van der Waals surface area contributed by atoms with E-state index in [2.05, 4.69) is 6.07 Å². The van der Waals surface area contributed by atoms with Crippen LogP contribution >= 0.6 is 11.3 Å². The molecule has 3 heterocycles. The summed E-state index contributed by atoms with van der Waals surface area (Å²) in [6, 6.07) is 19.5. The third kappa shape index (κ3) is 3.24. The number of carbonyl (C=O) groups is 2. The molecule has 156 valence electrons. The molecule has 5 rings (SSSR count). The maximum absolute atomic E-state index is 13.8. The summed E-state index contributed by atoms with van der Waals surface area (Å²) in [7, 11) is 3.89. The summed E-state index contributed by atoms with van der Waals surface area (Å²) in [5, 5.41) is 1.94. The molecule has 0 radical (unpaired) electrons. The SMILES string of the molecule is CN(C)c1cccc(N2C(=O)C(c3cccs3)=C(N3CCCc4ccccc43)C2=O)c1. The van der Waals surface area contributed by atoms with Crippen LogP contribution in [0.4, 0.5) is 17.1 Å². The van der Waals surface area contributed by atoms with E-state index in [9.17, 15) is 9.59 Å². The van der Waals surface area contributed by atoms with Crippen molar-refractivity contribution in [3.05, 3.63) is 82.2 Å². The van der Waals surface area contributed by atoms with Crippen molar-refractivity contribution in [2.45, 2.75) is 12.8 Å². The second-order valence-corrected chi connectivity index (χ2v) is 8.89. The van der Waals surface area contributed by atoms with E-state index in [1.807, 2.05) is 83.9 Å². The number of rotatable bonds is 4. The summed E-state index contributed by atoms with van der Waals surface area (Å²) >= 11 is 1.49. The van der Waals surface area contributed by atoms with E-state index < -0.39 is 0 Å². The summed E-state index contributed by atoms with van der Waals surface area (Å²) in [5.74, 6) is -0.526. The quantitative estimate of drug-likeness (QED) is 0.571. The van der Waals surface area contributed by atoms with Gasteiger partial charge in [0.15, 0.2) is 0 Å². The first kappa shape index (κ1) is 19.6. The number of imide groups is 1. The molecule has 2 aliphatic rings. The molecule has 0 spiro atoms. The number of para-hydroxylation sites is 1. The maximum atomic E-state index is 13.8. The Kier molecular flexibility index (Phi) is 4.87. The lowest BCUT2D eigenvalue weighted by molar-refractivity contribution is -0.120. The van der Waals surface area contributed by atoms with Crippen molar-refractivity contribution in [2.75, 3.05) is 35.3 Å². The Balaban J connectivity index is 1.66. The highest BCUT2D eigenvalue weighted by Crippen LogP contribution is 2.40. The van der Waals surface area contributed by atoms with Crippen LogP contribution in [0.5, 0.6) is 0 Å². The summed E-state index contributed by atoms with van der Waals surface area (Å²) < 4.78 is 0. The summed E-state index contributed by atoms with van der Waals surface area (Å²) in [6.07, 6.45) is 1.92. The summed E-state index contributed by atoms with van der Waals surface area (Å²) in [6.45, 7) is 0.714. The van der Waals surface area contributed by atoms with Crippen molar-refractivity contribution >= 4 is 45.8 Å². The number of anilines is 3. The highest BCUT2D eigenvalue weighted by atomic mass is 32.1. The lowest BCUT2D eigenvalue weighted by atomic mass is 10.00. The van der Waals surface area contributed by atoms with Gasteiger partial charge < -0.3 is 9.80 Å². The molecule has 0 saturated heterocycles. The number of benzene rings is 2. The highest BCUT2D eigenvalue weighted by molar-refractivity contribution is 7.11. The van der Waals surface area contributed by atoms with Crippen LogP contribution < -0.4 is 14.7 Å². The minimum absolute atomic E-state index is 0.263. The summed E-state index contributed by atoms with van der Waals surface area (Å²) in [5.41, 5.74) is 4.73. The molecule has 2 amide bonds. The van der Waals surface area contributed by atoms with E-state index in [0.29, 0.717) is 23.5 Å². The fraction of sp³-hybridized carbons (Fsp3) is 0.200. The Bertz CT molecular complexity index is 1200. The molecule has 6 heteroatoms. The van der Waals surface area contributed by atoms with E-state index in [0.717, 1.165) is 29.1 Å². The normalized spacial score (nSPS) is 16.2. The minimum atomic E-state index is -0.263. The molecule has 0 aliphatic carbocycles. The number of carbonyl (C=O) groups excluding carboxylic acids is 2. The number of fused-ring (bicyclic) bond motifs is 1. The number of aryl methyl sites for hydroxylation is 1. The van der Waals surface area contributed by atoms with Gasteiger partial charge in [0.2, 0.25) is 0 Å². The minimum Gasteiger partial charge on any atom is -0.378 e. The number of thiophene rings is 1. The van der Waals surface area contributed by atoms with Crippen molar-refractivity contribution in [2.24, 2.45) is 0 Å². The van der Waals surface area contributed by atoms with Gasteiger partial charge >= 0.3 is 0 Å². The molecule has 5 nitrogen and oxygen atoms in total. The first-order valence-corrected chi connectivity index (χ1v) is 11.2. The van der Waals surface area contributed by atoms with Gasteiger partial charge in [-0.05, 0) is 54.1 Å². The molecular weight excluding hydrogens is 406 g/mol. The predicted octanol–water partition coefficient (Wildman–Crippen LogP) is 4.55. The molecule has 2 aromatic carbocycles. The Morgan fingerprint density at radius 2 is 1.77 bits per heavy atom. The van der Waals surface area contributed by atoms with Gasteiger partial charge in [-0.25, -0.2) is 4.90 Å². The monoisotopic (exact) mass is 429 g/mol. The van der Waals surface area contributed by atoms with Crippen LogP contribution in [-0.2, 0) is 16.0 Å². The van der Waals surface area contributed by atoms with E-state index >= 15 is 0 Å². The Morgan fingerprint density at radius 3 is 2.55 bits per heavy atom. The molecule has 0 unspecified atom stereocenters. The second kappa shape index (κ2) is 7.71. The fourth-order valence-electron chi connectivity index (χ4n) is 4.32. The van der Waals surface area contributed by atoms with E-state index in [4.69, 9.17) is 0 Å². The van der Waals surface area contributed by atoms with Gasteiger partial charge in [-0.3, -0.25) is 9.59 Å². The van der Waals surface area contributed by atoms with Crippen LogP contribution in [0.1, 0.15) is 16.9 Å². The average molecular weight is 430 g/mol. The third-order valence-electron chi connectivity index (χ3n) is 5.81. The molecule has 2 aliphatic heterocycles. The predicted molar refractivity (Wildman–Crippen MR) is 127 cm³/mol. The van der Waals surface area contributed by atoms with E-state index in [1.54, 1.807) is 0 Å². The van der Waals surface area contributed by atoms with Crippen LogP contribution in [0.2, 0.25) is 0 Å². The Hall–Kier alpha value is -3.38. The van der Waals surface area contributed by atoms with Crippen molar-refractivity contribution < 1.29 is 9.59 Å². The smallest absolute Gasteiger partial charge is 0.282 e. The first-order chi connectivity index (χ1) is 15.1. The maximum Gasteiger partial charge on any atom is 0.282 e. The van der Waals surface area contributed by atoms with Crippen molar-refractivity contribution in [1.29, 1.82) is 0 Å². The standard InChI is InChI=1S/C25H23N3O2S/c1-26(2)18-10-5-11-19(16-18)28-24(29)22(21-13-7-15-31-21)23(25(28)30)27-14-6-9-17-8-3-4-12-20(17)27/h3-5,7-8,10-13,15-16H,6,9,14H2,1-2H3. The third-order valence-corrected chi connectivity index (χ3v) is 6.70.